The number of ketones is 1. The number of rotatable bonds is 2. The van der Waals surface area contributed by atoms with Gasteiger partial charge in [-0.05, 0) is 26.3 Å². The molecule has 1 fully saturated rings. The highest BCUT2D eigenvalue weighted by molar-refractivity contribution is 6.12. The Kier molecular flexibility index (Phi) is 3.29. The molecule has 3 rings (SSSR count). The zero-order valence-corrected chi connectivity index (χ0v) is 12.6. The smallest absolute Gasteiger partial charge is 0.136 e. The number of aliphatic hydroxyl groups is 1. The highest BCUT2D eigenvalue weighted by Gasteiger charge is 2.53. The van der Waals surface area contributed by atoms with Crippen molar-refractivity contribution in [1.82, 2.24) is 0 Å². The molecule has 1 aliphatic heterocycles. The Bertz CT molecular complexity index is 631. The second-order valence-corrected chi connectivity index (χ2v) is 6.37. The highest BCUT2D eigenvalue weighted by Crippen LogP contribution is 2.48. The van der Waals surface area contributed by atoms with Crippen LogP contribution in [0, 0.1) is 11.8 Å². The quantitative estimate of drug-likeness (QED) is 0.907. The molecule has 2 aliphatic rings. The average Bonchev–Trinajstić information content (AvgIpc) is 2.77. The van der Waals surface area contributed by atoms with Crippen LogP contribution in [0.3, 0.4) is 0 Å². The van der Waals surface area contributed by atoms with E-state index in [4.69, 9.17) is 0 Å². The summed E-state index contributed by atoms with van der Waals surface area (Å²) in [5.74, 6) is -0.487. The van der Waals surface area contributed by atoms with Crippen molar-refractivity contribution in [2.75, 3.05) is 0 Å². The summed E-state index contributed by atoms with van der Waals surface area (Å²) in [4.78, 5) is 12.3. The number of carbonyl (C=O) groups excluding carboxylic acids is 1. The number of fused-ring (bicyclic) bond motifs is 1. The van der Waals surface area contributed by atoms with Gasteiger partial charge in [-0.3, -0.25) is 4.79 Å². The number of benzene rings is 1. The fourth-order valence-corrected chi connectivity index (χ4v) is 3.93. The number of carbonyl (C=O) groups is 1. The van der Waals surface area contributed by atoms with Crippen LogP contribution in [0.25, 0.3) is 0 Å². The van der Waals surface area contributed by atoms with E-state index in [1.165, 1.54) is 0 Å². The van der Waals surface area contributed by atoms with E-state index in [1.54, 1.807) is 13.8 Å². The van der Waals surface area contributed by atoms with Gasteiger partial charge in [-0.25, -0.2) is 0 Å². The molecule has 4 heteroatoms. The largest absolute Gasteiger partial charge is 0.389 e. The molecule has 4 nitrogen and oxygen atoms in total. The molecule has 21 heavy (non-hydrogen) atoms. The lowest BCUT2D eigenvalue weighted by molar-refractivity contribution is -0.131. The zero-order valence-electron chi connectivity index (χ0n) is 12.6. The molecule has 1 aromatic carbocycles. The van der Waals surface area contributed by atoms with E-state index >= 15 is 0 Å². The van der Waals surface area contributed by atoms with Crippen molar-refractivity contribution in [2.24, 2.45) is 22.0 Å². The third-order valence-electron chi connectivity index (χ3n) is 4.69. The van der Waals surface area contributed by atoms with Gasteiger partial charge >= 0.3 is 0 Å². The molecule has 4 atom stereocenters. The van der Waals surface area contributed by atoms with Gasteiger partial charge in [0.25, 0.3) is 0 Å². The van der Waals surface area contributed by atoms with Crippen molar-refractivity contribution in [3.8, 4) is 0 Å². The van der Waals surface area contributed by atoms with Crippen LogP contribution < -0.4 is 0 Å². The Labute approximate surface area is 124 Å². The maximum Gasteiger partial charge on any atom is 0.136 e. The molecule has 0 aromatic heterocycles. The van der Waals surface area contributed by atoms with Crippen molar-refractivity contribution < 1.29 is 9.90 Å². The Morgan fingerprint density at radius 3 is 2.57 bits per heavy atom. The molecule has 110 valence electrons. The minimum absolute atomic E-state index is 0.0209. The van der Waals surface area contributed by atoms with E-state index in [1.807, 2.05) is 37.3 Å². The average molecular weight is 284 g/mol. The minimum Gasteiger partial charge on any atom is -0.389 e. The summed E-state index contributed by atoms with van der Waals surface area (Å²) < 4.78 is 0. The maximum absolute atomic E-state index is 12.3. The van der Waals surface area contributed by atoms with Gasteiger partial charge < -0.3 is 5.11 Å². The summed E-state index contributed by atoms with van der Waals surface area (Å²) in [5.41, 5.74) is 1.80. The summed E-state index contributed by atoms with van der Waals surface area (Å²) in [5, 5.41) is 19.3. The normalized spacial score (nSPS) is 35.0. The van der Waals surface area contributed by atoms with E-state index in [-0.39, 0.29) is 17.6 Å². The van der Waals surface area contributed by atoms with Crippen LogP contribution in [0.15, 0.2) is 40.5 Å². The Morgan fingerprint density at radius 2 is 1.95 bits per heavy atom. The van der Waals surface area contributed by atoms with Gasteiger partial charge in [0.1, 0.15) is 5.78 Å². The number of hydrogen-bond donors (Lipinski definition) is 1. The topological polar surface area (TPSA) is 62.0 Å². The summed E-state index contributed by atoms with van der Waals surface area (Å²) in [7, 11) is 0. The van der Waals surface area contributed by atoms with Crippen LogP contribution in [-0.2, 0) is 4.79 Å². The van der Waals surface area contributed by atoms with Crippen LogP contribution >= 0.6 is 0 Å². The first-order valence-corrected chi connectivity index (χ1v) is 7.30. The van der Waals surface area contributed by atoms with Gasteiger partial charge in [0.2, 0.25) is 0 Å². The molecule has 0 saturated heterocycles. The fourth-order valence-electron chi connectivity index (χ4n) is 3.93. The van der Waals surface area contributed by atoms with Crippen LogP contribution in [0.1, 0.15) is 38.7 Å². The van der Waals surface area contributed by atoms with Crippen molar-refractivity contribution >= 4 is 17.2 Å². The van der Waals surface area contributed by atoms with E-state index in [0.29, 0.717) is 6.42 Å². The lowest BCUT2D eigenvalue weighted by atomic mass is 9.59. The zero-order chi connectivity index (χ0) is 15.2. The lowest BCUT2D eigenvalue weighted by Crippen LogP contribution is -2.53. The van der Waals surface area contributed by atoms with Crippen molar-refractivity contribution in [2.45, 2.75) is 38.7 Å². The third-order valence-corrected chi connectivity index (χ3v) is 4.69. The molecule has 1 saturated carbocycles. The summed E-state index contributed by atoms with van der Waals surface area (Å²) in [6.07, 6.45) is 0.409. The van der Waals surface area contributed by atoms with E-state index in [2.05, 4.69) is 10.2 Å². The second kappa shape index (κ2) is 4.88. The molecule has 1 N–H and O–H groups in total. The van der Waals surface area contributed by atoms with Gasteiger partial charge in [-0.15, -0.1) is 0 Å². The van der Waals surface area contributed by atoms with Gasteiger partial charge in [-0.1, -0.05) is 30.3 Å². The Balaban J connectivity index is 2.15. The van der Waals surface area contributed by atoms with Crippen LogP contribution in [0.5, 0.6) is 0 Å². The van der Waals surface area contributed by atoms with Crippen molar-refractivity contribution in [3.05, 3.63) is 35.9 Å². The predicted molar refractivity (Wildman–Crippen MR) is 82.6 cm³/mol. The third kappa shape index (κ3) is 2.23. The molecule has 1 heterocycles. The summed E-state index contributed by atoms with van der Waals surface area (Å²) in [6.45, 7) is 5.26. The van der Waals surface area contributed by atoms with Crippen LogP contribution in [-0.4, -0.2) is 27.9 Å². The van der Waals surface area contributed by atoms with Crippen LogP contribution in [0.4, 0.5) is 0 Å². The maximum atomic E-state index is 12.3. The van der Waals surface area contributed by atoms with Crippen LogP contribution in [0.2, 0.25) is 0 Å². The summed E-state index contributed by atoms with van der Waals surface area (Å²) >= 11 is 0. The van der Waals surface area contributed by atoms with E-state index in [9.17, 15) is 9.90 Å². The fraction of sp³-hybridized carbons (Fsp3) is 0.471. The number of hydrogen-bond acceptors (Lipinski definition) is 4. The number of Topliss-reactive ketones (excluding diaryl/α,β-unsaturated/α-hetero) is 1. The standard InChI is InChI=1S/C17H20N2O2/c1-10-14-13(19-18-10)9-17(3,21)16(11(2)20)15(14)12-7-5-4-6-8-12/h4-8,14-16,21H,9H2,1-3H3. The molecular formula is C17H20N2O2. The second-order valence-electron chi connectivity index (χ2n) is 6.37. The van der Waals surface area contributed by atoms with Gasteiger partial charge in [0.15, 0.2) is 0 Å². The van der Waals surface area contributed by atoms with Crippen molar-refractivity contribution in [1.29, 1.82) is 0 Å². The monoisotopic (exact) mass is 284 g/mol. The molecule has 0 radical (unpaired) electrons. The first-order valence-electron chi connectivity index (χ1n) is 7.30. The molecule has 0 spiro atoms. The molecule has 1 aliphatic carbocycles. The first kappa shape index (κ1) is 14.1. The van der Waals surface area contributed by atoms with Gasteiger partial charge in [0, 0.05) is 24.0 Å². The van der Waals surface area contributed by atoms with Gasteiger partial charge in [0.05, 0.1) is 17.2 Å². The summed E-state index contributed by atoms with van der Waals surface area (Å²) in [6, 6.07) is 9.93. The van der Waals surface area contributed by atoms with E-state index < -0.39 is 11.5 Å². The Hall–Kier alpha value is -1.81. The molecular weight excluding hydrogens is 264 g/mol. The predicted octanol–water partition coefficient (Wildman–Crippen LogP) is 2.58. The minimum atomic E-state index is -1.08. The molecule has 0 amide bonds. The molecule has 4 unspecified atom stereocenters. The molecule has 1 aromatic rings. The van der Waals surface area contributed by atoms with Crippen molar-refractivity contribution in [3.63, 3.8) is 0 Å². The van der Waals surface area contributed by atoms with Gasteiger partial charge in [-0.2, -0.15) is 10.2 Å². The first-order chi connectivity index (χ1) is 9.92. The number of nitrogens with zero attached hydrogens (tertiary/aromatic N) is 2. The SMILES string of the molecule is CC(=O)C1C(c2ccccc2)C2C(C)=NN=C2CC1(C)O. The Morgan fingerprint density at radius 1 is 1.29 bits per heavy atom. The van der Waals surface area contributed by atoms with E-state index in [0.717, 1.165) is 17.0 Å². The highest BCUT2D eigenvalue weighted by atomic mass is 16.3. The molecule has 0 bridgehead atoms. The lowest BCUT2D eigenvalue weighted by Gasteiger charge is -2.45.